The summed E-state index contributed by atoms with van der Waals surface area (Å²) in [5.41, 5.74) is 3.45. The smallest absolute Gasteiger partial charge is 0.242 e. The Bertz CT molecular complexity index is 1100. The van der Waals surface area contributed by atoms with Gasteiger partial charge in [-0.1, -0.05) is 42.0 Å². The molecule has 0 saturated carbocycles. The van der Waals surface area contributed by atoms with E-state index in [0.29, 0.717) is 5.01 Å². The monoisotopic (exact) mass is 397 g/mol. The van der Waals surface area contributed by atoms with Crippen molar-refractivity contribution in [3.05, 3.63) is 80.8 Å². The minimum atomic E-state index is -3.77. The maximum absolute atomic E-state index is 12.5. The van der Waals surface area contributed by atoms with Crippen molar-refractivity contribution >= 4 is 21.4 Å². The topological polar surface area (TPSA) is 82.9 Å². The average molecular weight is 398 g/mol. The van der Waals surface area contributed by atoms with Gasteiger partial charge in [0.1, 0.15) is 11.1 Å². The molecule has 0 fully saturated rings. The lowest BCUT2D eigenvalue weighted by Crippen LogP contribution is -2.24. The van der Waals surface area contributed by atoms with E-state index in [1.165, 1.54) is 34.6 Å². The SMILES string of the molecule is Cc1ccc(Cc2sc(CNS(=O)(=O)c3ccccc3C#N)nc2C)cc1. The van der Waals surface area contributed by atoms with E-state index in [-0.39, 0.29) is 17.0 Å². The van der Waals surface area contributed by atoms with Crippen LogP contribution in [0.25, 0.3) is 0 Å². The second-order valence-corrected chi connectivity index (χ2v) is 9.11. The lowest BCUT2D eigenvalue weighted by Gasteiger charge is -2.06. The predicted molar refractivity (Wildman–Crippen MR) is 106 cm³/mol. The molecule has 0 spiro atoms. The van der Waals surface area contributed by atoms with Gasteiger partial charge in [0.15, 0.2) is 0 Å². The van der Waals surface area contributed by atoms with Gasteiger partial charge in [0.2, 0.25) is 10.0 Å². The van der Waals surface area contributed by atoms with Crippen molar-refractivity contribution in [2.75, 3.05) is 0 Å². The van der Waals surface area contributed by atoms with Crippen molar-refractivity contribution in [2.24, 2.45) is 0 Å². The first-order valence-corrected chi connectivity index (χ1v) is 10.7. The molecule has 0 unspecified atom stereocenters. The van der Waals surface area contributed by atoms with Crippen molar-refractivity contribution in [3.8, 4) is 6.07 Å². The number of thiazole rings is 1. The Balaban J connectivity index is 1.73. The summed E-state index contributed by atoms with van der Waals surface area (Å²) in [6.45, 7) is 4.08. The molecule has 0 saturated heterocycles. The third-order valence-electron chi connectivity index (χ3n) is 4.13. The third-order valence-corrected chi connectivity index (χ3v) is 6.75. The van der Waals surface area contributed by atoms with Crippen LogP contribution >= 0.6 is 11.3 Å². The molecule has 2 aromatic carbocycles. The molecule has 0 aliphatic rings. The Hall–Kier alpha value is -2.53. The van der Waals surface area contributed by atoms with Gasteiger partial charge in [0.25, 0.3) is 0 Å². The Morgan fingerprint density at radius 2 is 1.81 bits per heavy atom. The van der Waals surface area contributed by atoms with E-state index >= 15 is 0 Å². The molecule has 1 aromatic heterocycles. The van der Waals surface area contributed by atoms with Gasteiger partial charge in [0, 0.05) is 11.3 Å². The summed E-state index contributed by atoms with van der Waals surface area (Å²) in [4.78, 5) is 5.59. The molecule has 138 valence electrons. The Kier molecular flexibility index (Phi) is 5.71. The van der Waals surface area contributed by atoms with E-state index in [1.807, 2.05) is 13.0 Å². The molecule has 3 rings (SSSR count). The average Bonchev–Trinajstić information content (AvgIpc) is 3.01. The summed E-state index contributed by atoms with van der Waals surface area (Å²) in [7, 11) is -3.77. The maximum atomic E-state index is 12.5. The molecule has 0 amide bonds. The van der Waals surface area contributed by atoms with Crippen molar-refractivity contribution in [1.82, 2.24) is 9.71 Å². The number of sulfonamides is 1. The van der Waals surface area contributed by atoms with E-state index < -0.39 is 10.0 Å². The number of aromatic nitrogens is 1. The van der Waals surface area contributed by atoms with Crippen LogP contribution in [0.4, 0.5) is 0 Å². The van der Waals surface area contributed by atoms with Crippen LogP contribution < -0.4 is 4.72 Å². The highest BCUT2D eigenvalue weighted by atomic mass is 32.2. The molecule has 27 heavy (non-hydrogen) atoms. The normalized spacial score (nSPS) is 11.3. The molecule has 7 heteroatoms. The van der Waals surface area contributed by atoms with Crippen LogP contribution in [0.3, 0.4) is 0 Å². The van der Waals surface area contributed by atoms with Gasteiger partial charge in [0.05, 0.1) is 22.7 Å². The molecular formula is C20H19N3O2S2. The second-order valence-electron chi connectivity index (χ2n) is 6.21. The minimum Gasteiger partial charge on any atom is -0.245 e. The largest absolute Gasteiger partial charge is 0.245 e. The van der Waals surface area contributed by atoms with E-state index in [4.69, 9.17) is 5.26 Å². The van der Waals surface area contributed by atoms with Crippen molar-refractivity contribution in [2.45, 2.75) is 31.7 Å². The number of hydrogen-bond acceptors (Lipinski definition) is 5. The van der Waals surface area contributed by atoms with E-state index in [2.05, 4.69) is 40.9 Å². The van der Waals surface area contributed by atoms with E-state index in [0.717, 1.165) is 17.0 Å². The standard InChI is InChI=1S/C20H19N3O2S2/c1-14-7-9-16(10-8-14)11-18-15(2)23-20(26-18)13-22-27(24,25)19-6-4-3-5-17(19)12-21/h3-10,22H,11,13H2,1-2H3. The molecular weight excluding hydrogens is 378 g/mol. The van der Waals surface area contributed by atoms with Crippen LogP contribution in [-0.4, -0.2) is 13.4 Å². The maximum Gasteiger partial charge on any atom is 0.242 e. The lowest BCUT2D eigenvalue weighted by atomic mass is 10.1. The highest BCUT2D eigenvalue weighted by Crippen LogP contribution is 2.22. The van der Waals surface area contributed by atoms with Crippen LogP contribution in [0, 0.1) is 25.2 Å². The highest BCUT2D eigenvalue weighted by Gasteiger charge is 2.19. The molecule has 0 aliphatic heterocycles. The van der Waals surface area contributed by atoms with Crippen molar-refractivity contribution in [3.63, 3.8) is 0 Å². The molecule has 5 nitrogen and oxygen atoms in total. The van der Waals surface area contributed by atoms with Crippen molar-refractivity contribution < 1.29 is 8.42 Å². The van der Waals surface area contributed by atoms with Crippen molar-refractivity contribution in [1.29, 1.82) is 5.26 Å². The number of hydrogen-bond donors (Lipinski definition) is 1. The van der Waals surface area contributed by atoms with Gasteiger partial charge in [-0.2, -0.15) is 5.26 Å². The highest BCUT2D eigenvalue weighted by molar-refractivity contribution is 7.89. The first-order valence-electron chi connectivity index (χ1n) is 8.38. The molecule has 1 N–H and O–H groups in total. The number of benzene rings is 2. The van der Waals surface area contributed by atoms with Gasteiger partial charge in [-0.25, -0.2) is 18.1 Å². The summed E-state index contributed by atoms with van der Waals surface area (Å²) >= 11 is 1.50. The number of aryl methyl sites for hydroxylation is 2. The number of nitrogens with zero attached hydrogens (tertiary/aromatic N) is 2. The van der Waals surface area contributed by atoms with E-state index in [9.17, 15) is 8.42 Å². The zero-order valence-corrected chi connectivity index (χ0v) is 16.7. The van der Waals surface area contributed by atoms with Crippen LogP contribution in [0.15, 0.2) is 53.4 Å². The molecule has 1 heterocycles. The van der Waals surface area contributed by atoms with E-state index in [1.54, 1.807) is 12.1 Å². The Morgan fingerprint density at radius 3 is 2.52 bits per heavy atom. The zero-order valence-electron chi connectivity index (χ0n) is 15.1. The summed E-state index contributed by atoms with van der Waals surface area (Å²) in [6, 6.07) is 16.4. The Labute approximate surface area is 163 Å². The third kappa shape index (κ3) is 4.61. The minimum absolute atomic E-state index is 0.0133. The number of nitrogens with one attached hydrogen (secondary N) is 1. The molecule has 0 radical (unpaired) electrons. The fourth-order valence-corrected chi connectivity index (χ4v) is 4.93. The fourth-order valence-electron chi connectivity index (χ4n) is 2.65. The Morgan fingerprint density at radius 1 is 1.11 bits per heavy atom. The van der Waals surface area contributed by atoms with Gasteiger partial charge < -0.3 is 0 Å². The predicted octanol–water partition coefficient (Wildman–Crippen LogP) is 3.70. The summed E-state index contributed by atoms with van der Waals surface area (Å²) in [6.07, 6.45) is 0.772. The fraction of sp³-hybridized carbons (Fsp3) is 0.200. The van der Waals surface area contributed by atoms with Crippen LogP contribution in [0.5, 0.6) is 0 Å². The second kappa shape index (κ2) is 8.01. The van der Waals surface area contributed by atoms with Gasteiger partial charge in [-0.3, -0.25) is 0 Å². The quantitative estimate of drug-likeness (QED) is 0.687. The lowest BCUT2D eigenvalue weighted by molar-refractivity contribution is 0.581. The van der Waals surface area contributed by atoms with Gasteiger partial charge in [-0.05, 0) is 31.5 Å². The first-order chi connectivity index (χ1) is 12.9. The summed E-state index contributed by atoms with van der Waals surface area (Å²) in [5, 5.41) is 9.81. The zero-order chi connectivity index (χ0) is 19.4. The van der Waals surface area contributed by atoms with Crippen LogP contribution in [-0.2, 0) is 23.0 Å². The van der Waals surface area contributed by atoms with Gasteiger partial charge >= 0.3 is 0 Å². The molecule has 3 aromatic rings. The number of nitriles is 1. The van der Waals surface area contributed by atoms with Gasteiger partial charge in [-0.15, -0.1) is 11.3 Å². The molecule has 0 atom stereocenters. The first kappa shape index (κ1) is 19.2. The van der Waals surface area contributed by atoms with Crippen LogP contribution in [0.1, 0.15) is 32.3 Å². The summed E-state index contributed by atoms with van der Waals surface area (Å²) in [5.74, 6) is 0. The molecule has 0 bridgehead atoms. The summed E-state index contributed by atoms with van der Waals surface area (Å²) < 4.78 is 27.6. The van der Waals surface area contributed by atoms with Crippen LogP contribution in [0.2, 0.25) is 0 Å². The molecule has 0 aliphatic carbocycles. The number of rotatable bonds is 6.